The number of nitrogens with zero attached hydrogens (tertiary/aromatic N) is 1. The van der Waals surface area contributed by atoms with Gasteiger partial charge in [-0.15, -0.1) is 0 Å². The summed E-state index contributed by atoms with van der Waals surface area (Å²) in [7, 11) is 0. The van der Waals surface area contributed by atoms with Crippen molar-refractivity contribution in [2.24, 2.45) is 11.8 Å². The lowest BCUT2D eigenvalue weighted by Gasteiger charge is -2.30. The lowest BCUT2D eigenvalue weighted by molar-refractivity contribution is 0.226. The van der Waals surface area contributed by atoms with Gasteiger partial charge in [0.2, 0.25) is 0 Å². The lowest BCUT2D eigenvalue weighted by Crippen LogP contribution is -2.30. The predicted molar refractivity (Wildman–Crippen MR) is 33.6 cm³/mol. The monoisotopic (exact) mass is 122 g/mol. The molecule has 2 fully saturated rings. The summed E-state index contributed by atoms with van der Waals surface area (Å²) in [5.74, 6) is 1.55. The third-order valence-electron chi connectivity index (χ3n) is 2.64. The van der Waals surface area contributed by atoms with Crippen molar-refractivity contribution in [1.29, 1.82) is 5.26 Å². The van der Waals surface area contributed by atoms with Gasteiger partial charge in [0.1, 0.15) is 0 Å². The molecule has 1 saturated heterocycles. The van der Waals surface area contributed by atoms with Crippen molar-refractivity contribution in [2.75, 3.05) is 6.54 Å². The molecule has 2 rings (SSSR count). The van der Waals surface area contributed by atoms with Crippen LogP contribution in [0.15, 0.2) is 0 Å². The maximum Gasteiger partial charge on any atom is 0.0984 e. The minimum atomic E-state index is 0.184. The van der Waals surface area contributed by atoms with Crippen molar-refractivity contribution in [3.05, 3.63) is 0 Å². The molecule has 1 heterocycles. The summed E-state index contributed by atoms with van der Waals surface area (Å²) in [5.41, 5.74) is 0. The fourth-order valence-electron chi connectivity index (χ4n) is 1.86. The molecule has 1 saturated carbocycles. The molecule has 1 aliphatic carbocycles. The van der Waals surface area contributed by atoms with Crippen LogP contribution < -0.4 is 5.32 Å². The first kappa shape index (κ1) is 5.25. The van der Waals surface area contributed by atoms with Crippen LogP contribution in [0.4, 0.5) is 0 Å². The predicted octanol–water partition coefficient (Wildman–Crippen LogP) is 0.508. The first-order valence-corrected chi connectivity index (χ1v) is 3.55. The van der Waals surface area contributed by atoms with Crippen LogP contribution >= 0.6 is 0 Å². The molecule has 0 aromatic heterocycles. The summed E-state index contributed by atoms with van der Waals surface area (Å²) in [6.45, 7) is 1.09. The molecule has 1 N–H and O–H groups in total. The molecule has 3 unspecified atom stereocenters. The molecular weight excluding hydrogens is 112 g/mol. The van der Waals surface area contributed by atoms with E-state index < -0.39 is 0 Å². The molecule has 1 aliphatic heterocycles. The van der Waals surface area contributed by atoms with Crippen molar-refractivity contribution in [3.63, 3.8) is 0 Å². The second kappa shape index (κ2) is 1.71. The van der Waals surface area contributed by atoms with Crippen LogP contribution in [0.3, 0.4) is 0 Å². The first-order chi connectivity index (χ1) is 4.42. The SMILES string of the molecule is N#CC1NCC2CCC21. The maximum atomic E-state index is 8.58. The second-order valence-corrected chi connectivity index (χ2v) is 3.02. The smallest absolute Gasteiger partial charge is 0.0984 e. The third-order valence-corrected chi connectivity index (χ3v) is 2.64. The van der Waals surface area contributed by atoms with Gasteiger partial charge in [-0.3, -0.25) is 0 Å². The van der Waals surface area contributed by atoms with Gasteiger partial charge in [0.25, 0.3) is 0 Å². The van der Waals surface area contributed by atoms with E-state index in [1.54, 1.807) is 0 Å². The van der Waals surface area contributed by atoms with Crippen molar-refractivity contribution < 1.29 is 0 Å². The van der Waals surface area contributed by atoms with E-state index in [1.165, 1.54) is 12.8 Å². The highest BCUT2D eigenvalue weighted by molar-refractivity contribution is 5.06. The highest BCUT2D eigenvalue weighted by atomic mass is 15.0. The number of rotatable bonds is 0. The quantitative estimate of drug-likeness (QED) is 0.508. The van der Waals surface area contributed by atoms with Gasteiger partial charge >= 0.3 is 0 Å². The first-order valence-electron chi connectivity index (χ1n) is 3.55. The Labute approximate surface area is 54.9 Å². The van der Waals surface area contributed by atoms with E-state index in [2.05, 4.69) is 11.4 Å². The van der Waals surface area contributed by atoms with Crippen LogP contribution in [0.5, 0.6) is 0 Å². The fourth-order valence-corrected chi connectivity index (χ4v) is 1.86. The van der Waals surface area contributed by atoms with Crippen molar-refractivity contribution in [2.45, 2.75) is 18.9 Å². The summed E-state index contributed by atoms with van der Waals surface area (Å²) in [6.07, 6.45) is 2.62. The van der Waals surface area contributed by atoms with E-state index in [1.807, 2.05) is 0 Å². The Morgan fingerprint density at radius 2 is 2.33 bits per heavy atom. The number of nitriles is 1. The van der Waals surface area contributed by atoms with Gasteiger partial charge in [-0.2, -0.15) is 5.26 Å². The van der Waals surface area contributed by atoms with Crippen LogP contribution in [0, 0.1) is 23.2 Å². The van der Waals surface area contributed by atoms with Gasteiger partial charge in [0.05, 0.1) is 12.1 Å². The normalized spacial score (nSPS) is 47.2. The molecular formula is C7H10N2. The molecule has 0 spiro atoms. The lowest BCUT2D eigenvalue weighted by atomic mass is 9.73. The van der Waals surface area contributed by atoms with E-state index in [4.69, 9.17) is 5.26 Å². The zero-order valence-corrected chi connectivity index (χ0v) is 5.30. The van der Waals surface area contributed by atoms with Gasteiger partial charge < -0.3 is 5.32 Å². The van der Waals surface area contributed by atoms with Crippen molar-refractivity contribution in [1.82, 2.24) is 5.32 Å². The van der Waals surface area contributed by atoms with Gasteiger partial charge in [0, 0.05) is 0 Å². The summed E-state index contributed by atoms with van der Waals surface area (Å²) in [6, 6.07) is 2.47. The topological polar surface area (TPSA) is 35.8 Å². The Morgan fingerprint density at radius 1 is 1.44 bits per heavy atom. The molecule has 0 aromatic carbocycles. The molecule has 0 aromatic rings. The largest absolute Gasteiger partial charge is 0.301 e. The van der Waals surface area contributed by atoms with E-state index >= 15 is 0 Å². The number of hydrogen-bond donors (Lipinski definition) is 1. The summed E-state index contributed by atoms with van der Waals surface area (Å²) >= 11 is 0. The Hall–Kier alpha value is -0.550. The minimum absolute atomic E-state index is 0.184. The maximum absolute atomic E-state index is 8.58. The molecule has 2 heteroatoms. The van der Waals surface area contributed by atoms with Crippen LogP contribution in [0.25, 0.3) is 0 Å². The summed E-state index contributed by atoms with van der Waals surface area (Å²) in [4.78, 5) is 0. The minimum Gasteiger partial charge on any atom is -0.301 e. The van der Waals surface area contributed by atoms with E-state index in [0.29, 0.717) is 5.92 Å². The van der Waals surface area contributed by atoms with Crippen molar-refractivity contribution in [3.8, 4) is 6.07 Å². The van der Waals surface area contributed by atoms with Gasteiger partial charge in [-0.1, -0.05) is 0 Å². The molecule has 0 bridgehead atoms. The number of hydrogen-bond acceptors (Lipinski definition) is 2. The van der Waals surface area contributed by atoms with E-state index in [-0.39, 0.29) is 6.04 Å². The highest BCUT2D eigenvalue weighted by Gasteiger charge is 2.41. The van der Waals surface area contributed by atoms with Crippen LogP contribution in [-0.2, 0) is 0 Å². The molecule has 2 nitrogen and oxygen atoms in total. The zero-order chi connectivity index (χ0) is 6.27. The molecule has 48 valence electrons. The standard InChI is InChI=1S/C7H10N2/c8-3-7-6-2-1-5(6)4-9-7/h5-7,9H,1-2,4H2. The fraction of sp³-hybridized carbons (Fsp3) is 0.857. The van der Waals surface area contributed by atoms with E-state index in [9.17, 15) is 0 Å². The Bertz CT molecular complexity index is 159. The molecule has 2 aliphatic rings. The van der Waals surface area contributed by atoms with Crippen LogP contribution in [0.2, 0.25) is 0 Å². The number of fused-ring (bicyclic) bond motifs is 1. The van der Waals surface area contributed by atoms with E-state index in [0.717, 1.165) is 12.5 Å². The Kier molecular flexibility index (Phi) is 1.000. The summed E-state index contributed by atoms with van der Waals surface area (Å²) in [5, 5.41) is 11.8. The highest BCUT2D eigenvalue weighted by Crippen LogP contribution is 2.39. The summed E-state index contributed by atoms with van der Waals surface area (Å²) < 4.78 is 0. The molecule has 9 heavy (non-hydrogen) atoms. The van der Waals surface area contributed by atoms with Crippen LogP contribution in [-0.4, -0.2) is 12.6 Å². The van der Waals surface area contributed by atoms with Crippen LogP contribution in [0.1, 0.15) is 12.8 Å². The average Bonchev–Trinajstić information content (AvgIpc) is 2.07. The third kappa shape index (κ3) is 0.585. The van der Waals surface area contributed by atoms with Gasteiger partial charge in [-0.05, 0) is 31.2 Å². The average molecular weight is 122 g/mol. The van der Waals surface area contributed by atoms with Gasteiger partial charge in [-0.25, -0.2) is 0 Å². The van der Waals surface area contributed by atoms with Gasteiger partial charge in [0.15, 0.2) is 0 Å². The zero-order valence-electron chi connectivity index (χ0n) is 5.30. The second-order valence-electron chi connectivity index (χ2n) is 3.02. The van der Waals surface area contributed by atoms with Crippen molar-refractivity contribution >= 4 is 0 Å². The molecule has 0 radical (unpaired) electrons. The number of nitrogens with one attached hydrogen (secondary N) is 1. The molecule has 3 atom stereocenters. The Balaban J connectivity index is 2.07. The molecule has 0 amide bonds. The Morgan fingerprint density at radius 3 is 2.67 bits per heavy atom.